The summed E-state index contributed by atoms with van der Waals surface area (Å²) in [5.74, 6) is -0.615. The van der Waals surface area contributed by atoms with Gasteiger partial charge in [0.1, 0.15) is 0 Å². The molecule has 0 aliphatic carbocycles. The second kappa shape index (κ2) is 22.3. The zero-order valence-corrected chi connectivity index (χ0v) is 38.2. The maximum atomic E-state index is 13.4. The lowest BCUT2D eigenvalue weighted by atomic mass is 9.89. The lowest BCUT2D eigenvalue weighted by molar-refractivity contribution is -0.387. The Kier molecular flexibility index (Phi) is 16.4. The first-order valence-corrected chi connectivity index (χ1v) is 23.0. The Labute approximate surface area is 383 Å². The van der Waals surface area contributed by atoms with Gasteiger partial charge in [-0.1, -0.05) is 100 Å². The van der Waals surface area contributed by atoms with Crippen molar-refractivity contribution in [1.82, 2.24) is 20.4 Å². The van der Waals surface area contributed by atoms with Gasteiger partial charge in [0.15, 0.2) is 0 Å². The highest BCUT2D eigenvalue weighted by molar-refractivity contribution is 7.99. The monoisotopic (exact) mass is 900 g/mol. The predicted molar refractivity (Wildman–Crippen MR) is 254 cm³/mol. The van der Waals surface area contributed by atoms with Crippen LogP contribution in [0.1, 0.15) is 100 Å². The molecule has 6 rings (SSSR count). The van der Waals surface area contributed by atoms with Gasteiger partial charge in [-0.05, 0) is 95.2 Å². The van der Waals surface area contributed by atoms with Crippen molar-refractivity contribution in [3.05, 3.63) is 127 Å². The summed E-state index contributed by atoms with van der Waals surface area (Å²) in [4.78, 5) is 79.7. The summed E-state index contributed by atoms with van der Waals surface area (Å²) in [7, 11) is 0. The number of amides is 4. The van der Waals surface area contributed by atoms with Crippen LogP contribution in [-0.2, 0) is 19.2 Å². The molecule has 0 unspecified atom stereocenters. The molecule has 2 aliphatic rings. The molecule has 2 N–H and O–H groups in total. The molecule has 0 saturated carbocycles. The molecule has 14 nitrogen and oxygen atoms in total. The van der Waals surface area contributed by atoms with E-state index in [1.54, 1.807) is 70.5 Å². The number of likely N-dealkylation sites (tertiary alicyclic amines) is 2. The third-order valence-corrected chi connectivity index (χ3v) is 12.7. The number of benzene rings is 4. The molecule has 4 amide bonds. The molecule has 15 heteroatoms. The number of nitro benzene ring substituents is 2. The fourth-order valence-corrected chi connectivity index (χ4v) is 9.47. The Bertz CT molecular complexity index is 2350. The number of hydrogen-bond acceptors (Lipinski definition) is 9. The molecular formula is C50H56N6O8S. The van der Waals surface area contributed by atoms with Gasteiger partial charge < -0.3 is 20.4 Å². The van der Waals surface area contributed by atoms with Crippen LogP contribution in [0.25, 0.3) is 34.4 Å². The molecule has 0 atom stereocenters. The van der Waals surface area contributed by atoms with E-state index in [9.17, 15) is 39.4 Å². The van der Waals surface area contributed by atoms with E-state index in [2.05, 4.69) is 10.6 Å². The van der Waals surface area contributed by atoms with Gasteiger partial charge in [-0.2, -0.15) is 0 Å². The Balaban J connectivity index is 1.38. The van der Waals surface area contributed by atoms with Crippen molar-refractivity contribution in [1.29, 1.82) is 0 Å². The number of nitro groups is 2. The van der Waals surface area contributed by atoms with Crippen LogP contribution in [0.5, 0.6) is 0 Å². The number of carbonyl (C=O) groups excluding carboxylic acids is 4. The number of rotatable bonds is 20. The smallest absolute Gasteiger partial charge is 0.291 e. The average Bonchev–Trinajstić information content (AvgIpc) is 3.90. The minimum Gasteiger partial charge on any atom is -0.352 e. The zero-order chi connectivity index (χ0) is 46.6. The van der Waals surface area contributed by atoms with E-state index in [0.717, 1.165) is 48.8 Å². The summed E-state index contributed by atoms with van der Waals surface area (Å²) in [6.07, 6.45) is 9.69. The minimum absolute atomic E-state index is 0.0299. The Hall–Kier alpha value is -6.61. The third-order valence-electron chi connectivity index (χ3n) is 11.6. The first-order chi connectivity index (χ1) is 31.2. The van der Waals surface area contributed by atoms with Crippen molar-refractivity contribution in [2.75, 3.05) is 39.3 Å². The second-order valence-corrected chi connectivity index (χ2v) is 17.9. The predicted octanol–water partition coefficient (Wildman–Crippen LogP) is 9.52. The number of nitrogens with one attached hydrogen (secondary N) is 2. The summed E-state index contributed by atoms with van der Waals surface area (Å²) in [5, 5.41) is 32.4. The molecule has 0 aromatic heterocycles. The van der Waals surface area contributed by atoms with Crippen LogP contribution in [0.2, 0.25) is 0 Å². The van der Waals surface area contributed by atoms with Gasteiger partial charge in [0.05, 0.1) is 30.8 Å². The SMILES string of the molecule is CC(C)c1ccccc1-c1c(C=CC(=O)NCCCN2CCCC2=O)ccc(Sc2ccc(C=CC(=O)NCCCN3CCCC3=O)c(-c3ccccc3C(C)C)c2[N+](=O)[O-])c1[N+](=O)[O-]. The molecule has 0 bridgehead atoms. The van der Waals surface area contributed by atoms with Gasteiger partial charge in [0.25, 0.3) is 11.4 Å². The molecule has 2 fully saturated rings. The van der Waals surface area contributed by atoms with Crippen molar-refractivity contribution in [3.63, 3.8) is 0 Å². The first kappa shape index (κ1) is 47.9. The number of hydrogen-bond donors (Lipinski definition) is 2. The van der Waals surface area contributed by atoms with Crippen LogP contribution < -0.4 is 10.6 Å². The summed E-state index contributed by atoms with van der Waals surface area (Å²) in [5.41, 5.74) is 3.70. The molecular weight excluding hydrogens is 845 g/mol. The lowest BCUT2D eigenvalue weighted by Gasteiger charge is -2.18. The Morgan fingerprint density at radius 2 is 1.05 bits per heavy atom. The average molecular weight is 901 g/mol. The maximum Gasteiger partial charge on any atom is 0.291 e. The van der Waals surface area contributed by atoms with Crippen molar-refractivity contribution >= 4 is 58.9 Å². The standard InChI is InChI=1S/C50H56N6O8S/c1-33(2)37-13-5-7-15-39(37)47-35(21-25-43(57)51-27-11-31-53-29-9-17-45(53)59)19-23-41(49(47)55(61)62)65-42-24-20-36(22-26-44(58)52-28-12-32-54-30-10-18-46(54)60)48(50(42)56(63)64)40-16-8-6-14-38(40)34(3)4/h5-8,13-16,19-26,33-34H,9-12,17-18,27-32H2,1-4H3,(H,51,57)(H,52,58). The van der Waals surface area contributed by atoms with Gasteiger partial charge in [0, 0.05) is 64.3 Å². The Morgan fingerprint density at radius 1 is 0.646 bits per heavy atom. The highest BCUT2D eigenvalue weighted by Crippen LogP contribution is 2.50. The van der Waals surface area contributed by atoms with Crippen LogP contribution in [0.3, 0.4) is 0 Å². The second-order valence-electron chi connectivity index (χ2n) is 16.8. The van der Waals surface area contributed by atoms with E-state index in [0.29, 0.717) is 74.1 Å². The van der Waals surface area contributed by atoms with E-state index < -0.39 is 21.7 Å². The topological polar surface area (TPSA) is 185 Å². The van der Waals surface area contributed by atoms with E-state index in [1.807, 2.05) is 52.0 Å². The van der Waals surface area contributed by atoms with E-state index in [4.69, 9.17) is 0 Å². The van der Waals surface area contributed by atoms with E-state index in [1.165, 1.54) is 12.2 Å². The molecule has 4 aromatic rings. The summed E-state index contributed by atoms with van der Waals surface area (Å²) in [6, 6.07) is 21.2. The van der Waals surface area contributed by atoms with Crippen molar-refractivity contribution < 1.29 is 29.0 Å². The molecule has 0 radical (unpaired) electrons. The van der Waals surface area contributed by atoms with Crippen molar-refractivity contribution in [2.45, 2.75) is 87.8 Å². The molecule has 65 heavy (non-hydrogen) atoms. The van der Waals surface area contributed by atoms with Crippen LogP contribution >= 0.6 is 11.8 Å². The fraction of sp³-hybridized carbons (Fsp3) is 0.360. The number of nitrogens with zero attached hydrogens (tertiary/aromatic N) is 4. The number of carbonyl (C=O) groups is 4. The van der Waals surface area contributed by atoms with Crippen LogP contribution in [0, 0.1) is 20.2 Å². The molecule has 340 valence electrons. The highest BCUT2D eigenvalue weighted by atomic mass is 32.2. The quantitative estimate of drug-likeness (QED) is 0.0377. The van der Waals surface area contributed by atoms with Crippen LogP contribution in [0.4, 0.5) is 11.4 Å². The Morgan fingerprint density at radius 3 is 1.40 bits per heavy atom. The van der Waals surface area contributed by atoms with E-state index in [-0.39, 0.29) is 55.9 Å². The van der Waals surface area contributed by atoms with Crippen LogP contribution in [-0.4, -0.2) is 82.5 Å². The van der Waals surface area contributed by atoms with Crippen LogP contribution in [0.15, 0.2) is 94.7 Å². The van der Waals surface area contributed by atoms with Gasteiger partial charge >= 0.3 is 0 Å². The van der Waals surface area contributed by atoms with Crippen molar-refractivity contribution in [3.8, 4) is 22.3 Å². The molecule has 2 heterocycles. The van der Waals surface area contributed by atoms with Gasteiger partial charge in [-0.3, -0.25) is 39.4 Å². The van der Waals surface area contributed by atoms with Gasteiger partial charge in [-0.25, -0.2) is 0 Å². The third kappa shape index (κ3) is 11.9. The maximum absolute atomic E-state index is 13.4. The van der Waals surface area contributed by atoms with Gasteiger partial charge in [-0.15, -0.1) is 0 Å². The molecule has 0 spiro atoms. The van der Waals surface area contributed by atoms with Crippen molar-refractivity contribution in [2.24, 2.45) is 0 Å². The molecule has 4 aromatic carbocycles. The summed E-state index contributed by atoms with van der Waals surface area (Å²) < 4.78 is 0. The van der Waals surface area contributed by atoms with Gasteiger partial charge in [0.2, 0.25) is 23.6 Å². The summed E-state index contributed by atoms with van der Waals surface area (Å²) in [6.45, 7) is 11.2. The fourth-order valence-electron chi connectivity index (χ4n) is 8.41. The lowest BCUT2D eigenvalue weighted by Crippen LogP contribution is -2.29. The molecule has 2 saturated heterocycles. The largest absolute Gasteiger partial charge is 0.352 e. The zero-order valence-electron chi connectivity index (χ0n) is 37.3. The van der Waals surface area contributed by atoms with E-state index >= 15 is 0 Å². The summed E-state index contributed by atoms with van der Waals surface area (Å²) >= 11 is 0.912. The normalized spacial score (nSPS) is 14.1. The first-order valence-electron chi connectivity index (χ1n) is 22.2. The molecule has 2 aliphatic heterocycles. The highest BCUT2D eigenvalue weighted by Gasteiger charge is 2.31. The minimum atomic E-state index is -0.481.